The predicted molar refractivity (Wildman–Crippen MR) is 75.5 cm³/mol. The quantitative estimate of drug-likeness (QED) is 0.921. The van der Waals surface area contributed by atoms with E-state index in [0.717, 1.165) is 6.54 Å². The molecule has 3 heteroatoms. The molecule has 2 aromatic rings. The third kappa shape index (κ3) is 2.68. The van der Waals surface area contributed by atoms with Crippen molar-refractivity contribution >= 4 is 15.9 Å². The van der Waals surface area contributed by atoms with E-state index in [1.165, 1.54) is 28.4 Å². The Bertz CT molecular complexity index is 503. The van der Waals surface area contributed by atoms with Gasteiger partial charge in [0, 0.05) is 22.6 Å². The minimum absolute atomic E-state index is 0.642. The van der Waals surface area contributed by atoms with Gasteiger partial charge in [0.15, 0.2) is 0 Å². The topological polar surface area (TPSA) is 25.2 Å². The van der Waals surface area contributed by atoms with Gasteiger partial charge in [-0.1, -0.05) is 28.1 Å². The van der Waals surface area contributed by atoms with E-state index in [-0.39, 0.29) is 0 Å². The minimum atomic E-state index is 0.642. The summed E-state index contributed by atoms with van der Waals surface area (Å²) in [6.45, 7) is 0.909. The van der Waals surface area contributed by atoms with Crippen LogP contribution in [0.25, 0.3) is 0 Å². The van der Waals surface area contributed by atoms with Crippen molar-refractivity contribution in [2.45, 2.75) is 31.3 Å². The van der Waals surface area contributed by atoms with Gasteiger partial charge >= 0.3 is 0 Å². The molecule has 1 fully saturated rings. The van der Waals surface area contributed by atoms with E-state index in [0.29, 0.717) is 12.0 Å². The van der Waals surface area contributed by atoms with Crippen LogP contribution in [-0.4, -0.2) is 6.04 Å². The highest BCUT2D eigenvalue weighted by molar-refractivity contribution is 9.10. The standard InChI is InChI=1S/C15H16BrNO/c16-14-3-1-2-12(6-14)13-7-15(8-13)17-9-11-4-5-18-10-11/h1-6,10,13,15,17H,7-9H2. The Labute approximate surface area is 116 Å². The highest BCUT2D eigenvalue weighted by Gasteiger charge is 2.29. The number of benzene rings is 1. The van der Waals surface area contributed by atoms with E-state index in [1.54, 1.807) is 12.5 Å². The van der Waals surface area contributed by atoms with Crippen molar-refractivity contribution in [3.8, 4) is 0 Å². The van der Waals surface area contributed by atoms with Gasteiger partial charge < -0.3 is 9.73 Å². The van der Waals surface area contributed by atoms with Crippen LogP contribution >= 0.6 is 15.9 Å². The molecule has 0 radical (unpaired) electrons. The van der Waals surface area contributed by atoms with Crippen LogP contribution in [0.2, 0.25) is 0 Å². The molecule has 0 spiro atoms. The molecule has 94 valence electrons. The molecule has 2 nitrogen and oxygen atoms in total. The second kappa shape index (κ2) is 5.29. The Morgan fingerprint density at radius 1 is 1.28 bits per heavy atom. The number of hydrogen-bond donors (Lipinski definition) is 1. The van der Waals surface area contributed by atoms with Crippen LogP contribution in [0.4, 0.5) is 0 Å². The lowest BCUT2D eigenvalue weighted by atomic mass is 9.76. The van der Waals surface area contributed by atoms with Crippen molar-refractivity contribution in [3.63, 3.8) is 0 Å². The first-order chi connectivity index (χ1) is 8.81. The van der Waals surface area contributed by atoms with E-state index in [4.69, 9.17) is 4.42 Å². The van der Waals surface area contributed by atoms with E-state index in [1.807, 2.05) is 6.07 Å². The average molecular weight is 306 g/mol. The van der Waals surface area contributed by atoms with Gasteiger partial charge in [-0.3, -0.25) is 0 Å². The minimum Gasteiger partial charge on any atom is -0.472 e. The molecule has 3 rings (SSSR count). The van der Waals surface area contributed by atoms with E-state index in [9.17, 15) is 0 Å². The summed E-state index contributed by atoms with van der Waals surface area (Å²) in [5.41, 5.74) is 2.67. The molecule has 0 atom stereocenters. The van der Waals surface area contributed by atoms with Crippen LogP contribution in [0, 0.1) is 0 Å². The van der Waals surface area contributed by atoms with Gasteiger partial charge in [-0.05, 0) is 42.5 Å². The van der Waals surface area contributed by atoms with Crippen molar-refractivity contribution in [2.24, 2.45) is 0 Å². The first-order valence-corrected chi connectivity index (χ1v) is 7.10. The molecule has 0 bridgehead atoms. The number of halogens is 1. The Balaban J connectivity index is 1.48. The summed E-state index contributed by atoms with van der Waals surface area (Å²) in [6, 6.07) is 11.3. The smallest absolute Gasteiger partial charge is 0.0947 e. The summed E-state index contributed by atoms with van der Waals surface area (Å²) >= 11 is 3.53. The van der Waals surface area contributed by atoms with Gasteiger partial charge in [0.2, 0.25) is 0 Å². The molecule has 1 aliphatic rings. The monoisotopic (exact) mass is 305 g/mol. The van der Waals surface area contributed by atoms with Crippen LogP contribution in [0.1, 0.15) is 29.9 Å². The summed E-state index contributed by atoms with van der Waals surface area (Å²) in [7, 11) is 0. The summed E-state index contributed by atoms with van der Waals surface area (Å²) in [6.07, 6.45) is 5.99. The molecule has 1 heterocycles. The maximum Gasteiger partial charge on any atom is 0.0947 e. The van der Waals surface area contributed by atoms with Crippen molar-refractivity contribution in [2.75, 3.05) is 0 Å². The van der Waals surface area contributed by atoms with Crippen LogP contribution in [-0.2, 0) is 6.54 Å². The fraction of sp³-hybridized carbons (Fsp3) is 0.333. The zero-order chi connectivity index (χ0) is 12.4. The highest BCUT2D eigenvalue weighted by atomic mass is 79.9. The van der Waals surface area contributed by atoms with E-state index < -0.39 is 0 Å². The molecular weight excluding hydrogens is 290 g/mol. The Hall–Kier alpha value is -1.06. The van der Waals surface area contributed by atoms with Gasteiger partial charge in [0.05, 0.1) is 12.5 Å². The molecule has 0 saturated heterocycles. The molecule has 0 amide bonds. The van der Waals surface area contributed by atoms with Crippen molar-refractivity contribution < 1.29 is 4.42 Å². The molecule has 1 aliphatic carbocycles. The van der Waals surface area contributed by atoms with Crippen molar-refractivity contribution in [1.82, 2.24) is 5.32 Å². The lowest BCUT2D eigenvalue weighted by Crippen LogP contribution is -2.39. The van der Waals surface area contributed by atoms with E-state index >= 15 is 0 Å². The van der Waals surface area contributed by atoms with Gasteiger partial charge in [-0.15, -0.1) is 0 Å². The normalized spacial score (nSPS) is 22.7. The summed E-state index contributed by atoms with van der Waals surface area (Å²) in [4.78, 5) is 0. The molecule has 1 aromatic carbocycles. The van der Waals surface area contributed by atoms with Gasteiger partial charge in [0.1, 0.15) is 0 Å². The summed E-state index contributed by atoms with van der Waals surface area (Å²) in [5.74, 6) is 0.712. The maximum absolute atomic E-state index is 5.06. The van der Waals surface area contributed by atoms with Gasteiger partial charge in [-0.2, -0.15) is 0 Å². The highest BCUT2D eigenvalue weighted by Crippen LogP contribution is 2.37. The predicted octanol–water partition coefficient (Wildman–Crippen LogP) is 4.08. The lowest BCUT2D eigenvalue weighted by molar-refractivity contribution is 0.289. The molecule has 1 N–H and O–H groups in total. The molecule has 0 unspecified atom stereocenters. The van der Waals surface area contributed by atoms with Crippen LogP contribution in [0.5, 0.6) is 0 Å². The number of rotatable bonds is 4. The Kier molecular flexibility index (Phi) is 3.52. The van der Waals surface area contributed by atoms with Crippen molar-refractivity contribution in [1.29, 1.82) is 0 Å². The number of nitrogens with one attached hydrogen (secondary N) is 1. The fourth-order valence-electron chi connectivity index (χ4n) is 2.47. The van der Waals surface area contributed by atoms with Crippen LogP contribution in [0.15, 0.2) is 51.7 Å². The third-order valence-corrected chi connectivity index (χ3v) is 4.13. The number of hydrogen-bond acceptors (Lipinski definition) is 2. The van der Waals surface area contributed by atoms with E-state index in [2.05, 4.69) is 45.5 Å². The second-order valence-electron chi connectivity index (χ2n) is 4.93. The first-order valence-electron chi connectivity index (χ1n) is 6.31. The van der Waals surface area contributed by atoms with Gasteiger partial charge in [-0.25, -0.2) is 0 Å². The molecular formula is C15H16BrNO. The van der Waals surface area contributed by atoms with Crippen molar-refractivity contribution in [3.05, 3.63) is 58.5 Å². The third-order valence-electron chi connectivity index (χ3n) is 3.63. The molecule has 1 saturated carbocycles. The Morgan fingerprint density at radius 3 is 2.89 bits per heavy atom. The van der Waals surface area contributed by atoms with Gasteiger partial charge in [0.25, 0.3) is 0 Å². The lowest BCUT2D eigenvalue weighted by Gasteiger charge is -2.36. The average Bonchev–Trinajstić information content (AvgIpc) is 2.80. The molecule has 1 aromatic heterocycles. The van der Waals surface area contributed by atoms with Crippen LogP contribution in [0.3, 0.4) is 0 Å². The number of furan rings is 1. The zero-order valence-electron chi connectivity index (χ0n) is 10.1. The summed E-state index contributed by atoms with van der Waals surface area (Å²) in [5, 5.41) is 3.56. The molecule has 18 heavy (non-hydrogen) atoms. The van der Waals surface area contributed by atoms with Crippen LogP contribution < -0.4 is 5.32 Å². The summed E-state index contributed by atoms with van der Waals surface area (Å²) < 4.78 is 6.23. The zero-order valence-corrected chi connectivity index (χ0v) is 11.7. The largest absolute Gasteiger partial charge is 0.472 e. The SMILES string of the molecule is Brc1cccc(C2CC(NCc3ccoc3)C2)c1. The molecule has 0 aliphatic heterocycles. The first kappa shape index (κ1) is 12.0. The Morgan fingerprint density at radius 2 is 2.17 bits per heavy atom. The maximum atomic E-state index is 5.06. The fourth-order valence-corrected chi connectivity index (χ4v) is 2.89. The second-order valence-corrected chi connectivity index (χ2v) is 5.85.